The molecule has 0 radical (unpaired) electrons. The van der Waals surface area contributed by atoms with Gasteiger partial charge in [-0.3, -0.25) is 23.2 Å². The molecule has 16 heteroatoms. The summed E-state index contributed by atoms with van der Waals surface area (Å²) in [5.74, 6) is -0.986. The van der Waals surface area contributed by atoms with Crippen LogP contribution in [-0.2, 0) is 70.8 Å². The molecule has 0 aromatic heterocycles. The molecule has 1 N–H and O–H groups in total. The van der Waals surface area contributed by atoms with Crippen LogP contribution in [0.2, 0.25) is 0 Å². The average molecular weight is 1180 g/mol. The fraction of sp³-hybridized carbons (Fsp3) is 0.682. The second-order valence-corrected chi connectivity index (χ2v) is 25.3. The maximum absolute atomic E-state index is 14.7. The van der Waals surface area contributed by atoms with Crippen molar-refractivity contribution in [1.82, 2.24) is 9.99 Å². The molecule has 3 rings (SSSR count). The summed E-state index contributed by atoms with van der Waals surface area (Å²) in [6, 6.07) is 28.3. The molecule has 464 valence electrons. The van der Waals surface area contributed by atoms with E-state index in [9.17, 15) is 18.9 Å². The summed E-state index contributed by atoms with van der Waals surface area (Å²) in [6.07, 6.45) is 27.4. The van der Waals surface area contributed by atoms with Gasteiger partial charge in [0.25, 0.3) is 8.53 Å². The summed E-state index contributed by atoms with van der Waals surface area (Å²) in [5, 5.41) is 2.62. The molecule has 0 aliphatic rings. The van der Waals surface area contributed by atoms with Crippen LogP contribution < -0.4 is 5.32 Å². The summed E-state index contributed by atoms with van der Waals surface area (Å²) in [4.78, 5) is 40.7. The Kier molecular flexibility index (Phi) is 42.0. The van der Waals surface area contributed by atoms with Crippen molar-refractivity contribution in [2.45, 2.75) is 265 Å². The van der Waals surface area contributed by atoms with Gasteiger partial charge in [0.1, 0.15) is 6.61 Å². The van der Waals surface area contributed by atoms with Gasteiger partial charge >= 0.3 is 25.9 Å². The Morgan fingerprint density at radius 2 is 0.841 bits per heavy atom. The minimum Gasteiger partial charge on any atom is -0.456 e. The number of benzene rings is 3. The Hall–Kier alpha value is -3.71. The van der Waals surface area contributed by atoms with Gasteiger partial charge in [-0.2, -0.15) is 0 Å². The minimum absolute atomic E-state index is 0.0145. The van der Waals surface area contributed by atoms with Gasteiger partial charge in [0.2, 0.25) is 0 Å². The number of esters is 2. The first kappa shape index (κ1) is 72.5. The van der Waals surface area contributed by atoms with Gasteiger partial charge in [-0.05, 0) is 57.2 Å². The first-order chi connectivity index (χ1) is 39.9. The average Bonchev–Trinajstić information content (AvgIpc) is 3.49. The van der Waals surface area contributed by atoms with Crippen molar-refractivity contribution < 1.29 is 55.8 Å². The van der Waals surface area contributed by atoms with E-state index in [2.05, 4.69) is 51.5 Å². The van der Waals surface area contributed by atoms with E-state index < -0.39 is 53.2 Å². The smallest absolute Gasteiger partial charge is 0.456 e. The lowest BCUT2D eigenvalue weighted by molar-refractivity contribution is -0.173. The number of phosphoric ester groups is 1. The van der Waals surface area contributed by atoms with Crippen LogP contribution in [0.3, 0.4) is 0 Å². The molecule has 0 bridgehead atoms. The van der Waals surface area contributed by atoms with Crippen LogP contribution in [0.15, 0.2) is 91.0 Å². The number of nitrogens with one attached hydrogen (secondary N) is 1. The molecule has 0 aliphatic carbocycles. The van der Waals surface area contributed by atoms with Crippen molar-refractivity contribution in [3.05, 3.63) is 108 Å². The number of amides is 1. The zero-order valence-electron chi connectivity index (χ0n) is 51.5. The summed E-state index contributed by atoms with van der Waals surface area (Å²) in [7, 11) is -6.26. The zero-order chi connectivity index (χ0) is 59.1. The number of rotatable bonds is 52. The second-order valence-electron chi connectivity index (χ2n) is 22.2. The quantitative estimate of drug-likeness (QED) is 0.0247. The fourth-order valence-corrected chi connectivity index (χ4v) is 12.3. The van der Waals surface area contributed by atoms with Crippen LogP contribution in [-0.4, -0.2) is 73.4 Å². The number of hydrogen-bond donors (Lipinski definition) is 1. The topological polar surface area (TPSA) is 157 Å². The van der Waals surface area contributed by atoms with Crippen molar-refractivity contribution in [2.24, 2.45) is 0 Å². The van der Waals surface area contributed by atoms with Crippen LogP contribution in [0.5, 0.6) is 0 Å². The van der Waals surface area contributed by atoms with Gasteiger partial charge in [0.05, 0.1) is 33.0 Å². The van der Waals surface area contributed by atoms with Crippen LogP contribution in [0.1, 0.15) is 238 Å². The van der Waals surface area contributed by atoms with E-state index in [0.717, 1.165) is 49.7 Å². The highest BCUT2D eigenvalue weighted by molar-refractivity contribution is 7.48. The molecule has 0 heterocycles. The molecular weight excluding hydrogens is 1070 g/mol. The number of unbranched alkanes of at least 4 members (excludes halogenated alkanes) is 24. The summed E-state index contributed by atoms with van der Waals surface area (Å²) in [5.41, 5.74) is 2.49. The van der Waals surface area contributed by atoms with E-state index in [1.165, 1.54) is 116 Å². The first-order valence-electron chi connectivity index (χ1n) is 31.7. The number of hydrogen-bond acceptors (Lipinski definition) is 13. The third-order valence-electron chi connectivity index (χ3n) is 14.2. The molecule has 0 saturated carbocycles. The van der Waals surface area contributed by atoms with Gasteiger partial charge in [-0.15, -0.1) is 0 Å². The molecule has 3 aromatic rings. The lowest BCUT2D eigenvalue weighted by Crippen LogP contribution is -2.42. The summed E-state index contributed by atoms with van der Waals surface area (Å²) in [6.45, 7) is 11.8. The number of phosphoric acid groups is 1. The van der Waals surface area contributed by atoms with Crippen LogP contribution in [0.25, 0.3) is 0 Å². The van der Waals surface area contributed by atoms with E-state index in [0.29, 0.717) is 18.4 Å². The number of nitrogens with zero attached hydrogens (tertiary/aromatic N) is 1. The monoisotopic (exact) mass is 1180 g/mol. The second kappa shape index (κ2) is 47.5. The molecule has 82 heavy (non-hydrogen) atoms. The Bertz CT molecular complexity index is 2060. The maximum atomic E-state index is 14.7. The van der Waals surface area contributed by atoms with Crippen LogP contribution in [0.4, 0.5) is 4.79 Å². The third kappa shape index (κ3) is 36.2. The first-order valence-corrected chi connectivity index (χ1v) is 34.3. The number of ether oxygens (including phenoxy) is 3. The highest BCUT2D eigenvalue weighted by atomic mass is 31.2. The molecule has 2 unspecified atom stereocenters. The molecule has 0 saturated heterocycles. The number of carbonyl (C=O) groups excluding carboxylic acids is 3. The molecule has 0 spiro atoms. The van der Waals surface area contributed by atoms with Gasteiger partial charge in [0.15, 0.2) is 12.2 Å². The zero-order valence-corrected chi connectivity index (χ0v) is 53.2. The predicted molar refractivity (Wildman–Crippen MR) is 332 cm³/mol. The van der Waals surface area contributed by atoms with Crippen molar-refractivity contribution in [1.29, 1.82) is 0 Å². The minimum atomic E-state index is -4.49. The fourth-order valence-electron chi connectivity index (χ4n) is 9.54. The van der Waals surface area contributed by atoms with E-state index in [1.54, 1.807) is 0 Å². The van der Waals surface area contributed by atoms with E-state index in [-0.39, 0.29) is 64.5 Å². The lowest BCUT2D eigenvalue weighted by Gasteiger charge is -2.37. The standard InChI is InChI=1S/C66H108N2O12P2/c1-7-9-11-13-15-17-19-21-23-25-27-29-40-48-64(69)79-62(55-75-81(68(57(3)4)58(5)6)74-53-60-44-36-32-37-45-60)63(80-65(70)49-41-30-28-26-24-22-20-18-16-14-12-10-8-2)56-78-82(72,77-54-61-46-38-33-39-47-61)76-51-50-67-66(71)73-52-59-42-34-31-35-43-59/h31-39,42-47,57-58,62-63H,7-30,40-41,48-56H2,1-6H3,(H,67,71)/t62-,63-,81?,82?/m1/s1. The highest BCUT2D eigenvalue weighted by Gasteiger charge is 2.37. The molecule has 0 fully saturated rings. The van der Waals surface area contributed by atoms with Crippen LogP contribution >= 0.6 is 16.3 Å². The number of alkyl carbamates (subject to hydrolysis) is 1. The predicted octanol–water partition coefficient (Wildman–Crippen LogP) is 18.6. The summed E-state index contributed by atoms with van der Waals surface area (Å²) >= 11 is 0. The Balaban J connectivity index is 1.83. The Labute approximate surface area is 497 Å². The highest BCUT2D eigenvalue weighted by Crippen LogP contribution is 2.51. The van der Waals surface area contributed by atoms with Crippen molar-refractivity contribution in [3.63, 3.8) is 0 Å². The van der Waals surface area contributed by atoms with Gasteiger partial charge in [0, 0.05) is 31.5 Å². The van der Waals surface area contributed by atoms with Crippen molar-refractivity contribution >= 4 is 34.4 Å². The van der Waals surface area contributed by atoms with E-state index in [4.69, 9.17) is 36.8 Å². The van der Waals surface area contributed by atoms with E-state index >= 15 is 0 Å². The normalized spacial score (nSPS) is 13.5. The Morgan fingerprint density at radius 1 is 0.463 bits per heavy atom. The molecular formula is C66H108N2O12P2. The van der Waals surface area contributed by atoms with E-state index in [1.807, 2.05) is 91.0 Å². The SMILES string of the molecule is CCCCCCCCCCCCCCCC(=O)O[C@H](COP(OCc1ccccc1)N(C(C)C)C(C)C)[C@@H](COP(=O)(OCCNC(=O)OCc1ccccc1)OCc1ccccc1)OC(=O)CCCCCCCCCCCCCCC. The van der Waals surface area contributed by atoms with Gasteiger partial charge in [-0.25, -0.2) is 14.0 Å². The van der Waals surface area contributed by atoms with Gasteiger partial charge in [-0.1, -0.05) is 259 Å². The third-order valence-corrected chi connectivity index (χ3v) is 17.6. The molecule has 14 nitrogen and oxygen atoms in total. The largest absolute Gasteiger partial charge is 0.475 e. The molecule has 1 amide bonds. The van der Waals surface area contributed by atoms with Crippen molar-refractivity contribution in [2.75, 3.05) is 26.4 Å². The maximum Gasteiger partial charge on any atom is 0.475 e. The molecule has 0 aliphatic heterocycles. The molecule has 3 aromatic carbocycles. The van der Waals surface area contributed by atoms with Gasteiger partial charge < -0.3 is 28.6 Å². The molecule has 4 atom stereocenters. The number of carbonyl (C=O) groups is 3. The van der Waals surface area contributed by atoms with Crippen molar-refractivity contribution in [3.8, 4) is 0 Å². The lowest BCUT2D eigenvalue weighted by atomic mass is 10.0. The Morgan fingerprint density at radius 3 is 1.26 bits per heavy atom. The van der Waals surface area contributed by atoms with Crippen LogP contribution in [0, 0.1) is 0 Å². The summed E-state index contributed by atoms with van der Waals surface area (Å²) < 4.78 is 66.1.